The van der Waals surface area contributed by atoms with Crippen LogP contribution >= 0.6 is 0 Å². The van der Waals surface area contributed by atoms with Gasteiger partial charge in [0.05, 0.1) is 17.2 Å². The number of carbonyl (C=O) groups excluding carboxylic acids is 1. The molecule has 2 unspecified atom stereocenters. The average Bonchev–Trinajstić information content (AvgIpc) is 2.64. The van der Waals surface area contributed by atoms with Gasteiger partial charge in [-0.2, -0.15) is 0 Å². The van der Waals surface area contributed by atoms with E-state index in [1.54, 1.807) is 6.92 Å². The van der Waals surface area contributed by atoms with Gasteiger partial charge in [0.15, 0.2) is 0 Å². The van der Waals surface area contributed by atoms with Gasteiger partial charge in [-0.1, -0.05) is 0 Å². The molecule has 4 nitrogen and oxygen atoms in total. The Morgan fingerprint density at radius 3 is 2.84 bits per heavy atom. The fourth-order valence-electron chi connectivity index (χ4n) is 2.29. The lowest BCUT2D eigenvalue weighted by Crippen LogP contribution is -2.50. The van der Waals surface area contributed by atoms with Gasteiger partial charge in [0.1, 0.15) is 5.82 Å². The number of hydrogen-bond acceptors (Lipinski definition) is 3. The van der Waals surface area contributed by atoms with Gasteiger partial charge in [0, 0.05) is 12.3 Å². The number of halogens is 1. The number of hydrogen-bond donors (Lipinski definition) is 2. The van der Waals surface area contributed by atoms with E-state index < -0.39 is 17.3 Å². The van der Waals surface area contributed by atoms with Crippen LogP contribution in [0.25, 0.3) is 0 Å². The van der Waals surface area contributed by atoms with Crippen LogP contribution in [0.5, 0.6) is 0 Å². The number of amides is 1. The van der Waals surface area contributed by atoms with E-state index in [-0.39, 0.29) is 11.7 Å². The highest BCUT2D eigenvalue weighted by Gasteiger charge is 2.38. The number of carbonyl (C=O) groups is 1. The zero-order chi connectivity index (χ0) is 14.2. The second-order valence-corrected chi connectivity index (χ2v) is 5.33. The molecule has 19 heavy (non-hydrogen) atoms. The van der Waals surface area contributed by atoms with E-state index in [4.69, 9.17) is 10.5 Å². The molecule has 1 aromatic rings. The van der Waals surface area contributed by atoms with Crippen molar-refractivity contribution >= 4 is 11.6 Å². The maximum Gasteiger partial charge on any atom is 0.254 e. The van der Waals surface area contributed by atoms with Gasteiger partial charge in [0.2, 0.25) is 0 Å². The molecule has 3 N–H and O–H groups in total. The smallest absolute Gasteiger partial charge is 0.254 e. The molecule has 0 aliphatic carbocycles. The highest BCUT2D eigenvalue weighted by Crippen LogP contribution is 2.26. The van der Waals surface area contributed by atoms with Crippen LogP contribution in [0.4, 0.5) is 10.1 Å². The lowest BCUT2D eigenvalue weighted by molar-refractivity contribution is 0.0724. The van der Waals surface area contributed by atoms with Crippen molar-refractivity contribution in [1.29, 1.82) is 0 Å². The molecule has 1 aromatic carbocycles. The molecule has 104 valence electrons. The highest BCUT2D eigenvalue weighted by atomic mass is 19.1. The lowest BCUT2D eigenvalue weighted by Gasteiger charge is -2.29. The monoisotopic (exact) mass is 266 g/mol. The summed E-state index contributed by atoms with van der Waals surface area (Å²) < 4.78 is 19.4. The summed E-state index contributed by atoms with van der Waals surface area (Å²) in [6.07, 6.45) is 0.615. The third-order valence-corrected chi connectivity index (χ3v) is 3.81. The number of anilines is 1. The maximum absolute atomic E-state index is 14.0. The van der Waals surface area contributed by atoms with Crippen LogP contribution in [0.2, 0.25) is 0 Å². The number of benzene rings is 1. The van der Waals surface area contributed by atoms with E-state index in [0.29, 0.717) is 24.3 Å². The minimum Gasteiger partial charge on any atom is -0.399 e. The maximum atomic E-state index is 14.0. The van der Waals surface area contributed by atoms with Crippen molar-refractivity contribution in [2.75, 3.05) is 12.3 Å². The lowest BCUT2D eigenvalue weighted by atomic mass is 9.94. The van der Waals surface area contributed by atoms with Crippen LogP contribution < -0.4 is 11.1 Å². The summed E-state index contributed by atoms with van der Waals surface area (Å²) >= 11 is 0. The van der Waals surface area contributed by atoms with Gasteiger partial charge in [-0.3, -0.25) is 4.79 Å². The number of aryl methyl sites for hydroxylation is 1. The first-order chi connectivity index (χ1) is 8.83. The Bertz CT molecular complexity index is 518. The number of nitrogen functional groups attached to an aromatic ring is 1. The molecular formula is C14H19FN2O2. The standard InChI is InChI=1S/C14H19FN2O2/c1-8-6-10(16)7-11(12(8)15)13(18)17-14(3)4-5-19-9(14)2/h6-7,9H,4-5,16H2,1-3H3,(H,17,18). The summed E-state index contributed by atoms with van der Waals surface area (Å²) in [4.78, 5) is 12.2. The Hall–Kier alpha value is -1.62. The fourth-order valence-corrected chi connectivity index (χ4v) is 2.29. The molecular weight excluding hydrogens is 247 g/mol. The molecule has 0 saturated carbocycles. The Kier molecular flexibility index (Phi) is 3.49. The molecule has 0 radical (unpaired) electrons. The largest absolute Gasteiger partial charge is 0.399 e. The summed E-state index contributed by atoms with van der Waals surface area (Å²) in [5.74, 6) is -0.977. The van der Waals surface area contributed by atoms with Crippen molar-refractivity contribution < 1.29 is 13.9 Å². The number of rotatable bonds is 2. The Balaban J connectivity index is 2.26. The van der Waals surface area contributed by atoms with Crippen molar-refractivity contribution in [3.8, 4) is 0 Å². The van der Waals surface area contributed by atoms with Crippen LogP contribution in [0.15, 0.2) is 12.1 Å². The first-order valence-corrected chi connectivity index (χ1v) is 6.33. The van der Waals surface area contributed by atoms with E-state index in [2.05, 4.69) is 5.32 Å². The molecule has 5 heteroatoms. The Labute approximate surface area is 112 Å². The summed E-state index contributed by atoms with van der Waals surface area (Å²) in [6, 6.07) is 2.87. The number of nitrogens with one attached hydrogen (secondary N) is 1. The molecule has 0 aromatic heterocycles. The molecule has 1 fully saturated rings. The molecule has 1 amide bonds. The topological polar surface area (TPSA) is 64.4 Å². The predicted molar refractivity (Wildman–Crippen MR) is 71.5 cm³/mol. The van der Waals surface area contributed by atoms with Gasteiger partial charge in [-0.15, -0.1) is 0 Å². The van der Waals surface area contributed by atoms with Crippen LogP contribution in [0.3, 0.4) is 0 Å². The van der Waals surface area contributed by atoms with Crippen LogP contribution in [-0.4, -0.2) is 24.2 Å². The first kappa shape index (κ1) is 13.8. The predicted octanol–water partition coefficient (Wildman–Crippen LogP) is 2.01. The van der Waals surface area contributed by atoms with Crippen LogP contribution in [0.1, 0.15) is 36.2 Å². The molecule has 1 aliphatic heterocycles. The molecule has 2 atom stereocenters. The molecule has 1 aliphatic rings. The first-order valence-electron chi connectivity index (χ1n) is 6.33. The summed E-state index contributed by atoms with van der Waals surface area (Å²) in [6.45, 7) is 5.98. The van der Waals surface area contributed by atoms with E-state index in [9.17, 15) is 9.18 Å². The molecule has 1 saturated heterocycles. The van der Waals surface area contributed by atoms with Crippen molar-refractivity contribution in [2.24, 2.45) is 0 Å². The van der Waals surface area contributed by atoms with Gasteiger partial charge < -0.3 is 15.8 Å². The van der Waals surface area contributed by atoms with Crippen molar-refractivity contribution in [1.82, 2.24) is 5.32 Å². The third kappa shape index (κ3) is 2.56. The molecule has 1 heterocycles. The van der Waals surface area contributed by atoms with E-state index in [1.807, 2.05) is 13.8 Å². The summed E-state index contributed by atoms with van der Waals surface area (Å²) in [5.41, 5.74) is 5.92. The van der Waals surface area contributed by atoms with Gasteiger partial charge >= 0.3 is 0 Å². The van der Waals surface area contributed by atoms with Crippen molar-refractivity contribution in [3.63, 3.8) is 0 Å². The number of ether oxygens (including phenoxy) is 1. The third-order valence-electron chi connectivity index (χ3n) is 3.81. The SMILES string of the molecule is Cc1cc(N)cc(C(=O)NC2(C)CCOC2C)c1F. The van der Waals surface area contributed by atoms with Crippen LogP contribution in [0, 0.1) is 12.7 Å². The second kappa shape index (κ2) is 4.81. The minimum absolute atomic E-state index is 0.0159. The Morgan fingerprint density at radius 2 is 2.26 bits per heavy atom. The van der Waals surface area contributed by atoms with Crippen molar-refractivity contribution in [3.05, 3.63) is 29.1 Å². The normalized spacial score (nSPS) is 26.4. The van der Waals surface area contributed by atoms with Gasteiger partial charge in [0.25, 0.3) is 5.91 Å². The zero-order valence-corrected chi connectivity index (χ0v) is 11.4. The van der Waals surface area contributed by atoms with Crippen LogP contribution in [-0.2, 0) is 4.74 Å². The quantitative estimate of drug-likeness (QED) is 0.805. The van der Waals surface area contributed by atoms with Gasteiger partial charge in [-0.05, 0) is 44.9 Å². The minimum atomic E-state index is -0.526. The summed E-state index contributed by atoms with van der Waals surface area (Å²) in [7, 11) is 0. The Morgan fingerprint density at radius 1 is 1.58 bits per heavy atom. The molecule has 0 spiro atoms. The van der Waals surface area contributed by atoms with E-state index in [1.165, 1.54) is 12.1 Å². The number of nitrogens with two attached hydrogens (primary N) is 1. The fraction of sp³-hybridized carbons (Fsp3) is 0.500. The van der Waals surface area contributed by atoms with E-state index in [0.717, 1.165) is 0 Å². The van der Waals surface area contributed by atoms with Gasteiger partial charge in [-0.25, -0.2) is 4.39 Å². The van der Waals surface area contributed by atoms with E-state index >= 15 is 0 Å². The zero-order valence-electron chi connectivity index (χ0n) is 11.4. The molecule has 0 bridgehead atoms. The average molecular weight is 266 g/mol. The molecule has 2 rings (SSSR count). The summed E-state index contributed by atoms with van der Waals surface area (Å²) in [5, 5.41) is 2.86. The van der Waals surface area contributed by atoms with Crippen molar-refractivity contribution in [2.45, 2.75) is 38.8 Å². The highest BCUT2D eigenvalue weighted by molar-refractivity contribution is 5.96. The second-order valence-electron chi connectivity index (χ2n) is 5.33.